The Labute approximate surface area is 110 Å². The molecule has 0 amide bonds. The van der Waals surface area contributed by atoms with Gasteiger partial charge >= 0.3 is 0 Å². The molecule has 18 heavy (non-hydrogen) atoms. The van der Waals surface area contributed by atoms with Gasteiger partial charge in [0, 0.05) is 24.8 Å². The summed E-state index contributed by atoms with van der Waals surface area (Å²) < 4.78 is 0. The third-order valence-electron chi connectivity index (χ3n) is 2.69. The quantitative estimate of drug-likeness (QED) is 0.385. The molecule has 0 aliphatic rings. The van der Waals surface area contributed by atoms with Crippen molar-refractivity contribution in [3.63, 3.8) is 0 Å². The summed E-state index contributed by atoms with van der Waals surface area (Å²) in [6.45, 7) is 0.836. The van der Waals surface area contributed by atoms with E-state index in [0.29, 0.717) is 5.56 Å². The average molecular weight is 261 g/mol. The molecule has 2 aromatic rings. The van der Waals surface area contributed by atoms with E-state index in [0.717, 1.165) is 12.2 Å². The molecule has 2 rings (SSSR count). The van der Waals surface area contributed by atoms with Crippen LogP contribution in [0.4, 0.5) is 5.69 Å². The second kappa shape index (κ2) is 5.55. The van der Waals surface area contributed by atoms with Gasteiger partial charge in [-0.1, -0.05) is 17.3 Å². The fourth-order valence-corrected chi connectivity index (χ4v) is 2.37. The molecule has 1 aromatic carbocycles. The lowest BCUT2D eigenvalue weighted by molar-refractivity contribution is 0.318. The molecule has 0 radical (unpaired) electrons. The summed E-state index contributed by atoms with van der Waals surface area (Å²) in [4.78, 5) is 2.12. The highest BCUT2D eigenvalue weighted by atomic mass is 32.1. The number of anilines is 1. The molecule has 0 unspecified atom stereocenters. The van der Waals surface area contributed by atoms with E-state index in [4.69, 9.17) is 10.9 Å². The lowest BCUT2D eigenvalue weighted by Gasteiger charge is -2.19. The zero-order valence-corrected chi connectivity index (χ0v) is 10.9. The highest BCUT2D eigenvalue weighted by Gasteiger charge is 2.05. The Balaban J connectivity index is 2.17. The number of nitrogens with zero attached hydrogens (tertiary/aromatic N) is 2. The minimum absolute atomic E-state index is 0.126. The number of amidine groups is 1. The summed E-state index contributed by atoms with van der Waals surface area (Å²) in [6, 6.07) is 9.72. The highest BCUT2D eigenvalue weighted by Crippen LogP contribution is 2.18. The topological polar surface area (TPSA) is 61.8 Å². The van der Waals surface area contributed by atoms with Gasteiger partial charge in [-0.2, -0.15) is 11.3 Å². The first-order chi connectivity index (χ1) is 8.70. The van der Waals surface area contributed by atoms with Crippen molar-refractivity contribution in [3.8, 4) is 0 Å². The summed E-state index contributed by atoms with van der Waals surface area (Å²) in [7, 11) is 2.02. The van der Waals surface area contributed by atoms with Crippen molar-refractivity contribution in [2.75, 3.05) is 11.9 Å². The van der Waals surface area contributed by atoms with Crippen molar-refractivity contribution in [2.24, 2.45) is 10.9 Å². The van der Waals surface area contributed by atoms with Crippen molar-refractivity contribution in [1.82, 2.24) is 0 Å². The third kappa shape index (κ3) is 2.81. The molecule has 0 atom stereocenters. The van der Waals surface area contributed by atoms with Crippen molar-refractivity contribution in [2.45, 2.75) is 6.54 Å². The van der Waals surface area contributed by atoms with Gasteiger partial charge in [0.1, 0.15) is 0 Å². The monoisotopic (exact) mass is 261 g/mol. The molecular weight excluding hydrogens is 246 g/mol. The molecule has 1 heterocycles. The molecule has 1 aromatic heterocycles. The molecule has 94 valence electrons. The lowest BCUT2D eigenvalue weighted by Crippen LogP contribution is -2.18. The van der Waals surface area contributed by atoms with Crippen LogP contribution < -0.4 is 10.6 Å². The number of nitrogens with two attached hydrogens (primary N) is 1. The van der Waals surface area contributed by atoms with E-state index in [1.54, 1.807) is 11.3 Å². The third-order valence-corrected chi connectivity index (χ3v) is 3.42. The van der Waals surface area contributed by atoms with Crippen LogP contribution in [0.2, 0.25) is 0 Å². The van der Waals surface area contributed by atoms with Crippen LogP contribution in [0.1, 0.15) is 11.1 Å². The van der Waals surface area contributed by atoms with Crippen LogP contribution in [-0.4, -0.2) is 18.1 Å². The lowest BCUT2D eigenvalue weighted by atomic mass is 10.1. The predicted molar refractivity (Wildman–Crippen MR) is 75.4 cm³/mol. The van der Waals surface area contributed by atoms with E-state index in [9.17, 15) is 0 Å². The summed E-state index contributed by atoms with van der Waals surface area (Å²) >= 11 is 1.69. The van der Waals surface area contributed by atoms with Crippen LogP contribution >= 0.6 is 11.3 Å². The van der Waals surface area contributed by atoms with Crippen LogP contribution in [0.3, 0.4) is 0 Å². The van der Waals surface area contributed by atoms with Crippen molar-refractivity contribution in [3.05, 3.63) is 52.2 Å². The van der Waals surface area contributed by atoms with Crippen LogP contribution in [-0.2, 0) is 6.54 Å². The fourth-order valence-electron chi connectivity index (χ4n) is 1.71. The molecule has 5 heteroatoms. The number of oxime groups is 1. The van der Waals surface area contributed by atoms with Gasteiger partial charge in [-0.05, 0) is 34.5 Å². The number of hydrogen-bond acceptors (Lipinski definition) is 4. The van der Waals surface area contributed by atoms with Gasteiger partial charge in [-0.25, -0.2) is 0 Å². The van der Waals surface area contributed by atoms with Crippen molar-refractivity contribution >= 4 is 22.9 Å². The highest BCUT2D eigenvalue weighted by molar-refractivity contribution is 7.07. The molecule has 0 fully saturated rings. The summed E-state index contributed by atoms with van der Waals surface area (Å²) in [5.74, 6) is 0.126. The van der Waals surface area contributed by atoms with E-state index >= 15 is 0 Å². The van der Waals surface area contributed by atoms with Gasteiger partial charge in [-0.15, -0.1) is 0 Å². The first-order valence-corrected chi connectivity index (χ1v) is 6.45. The molecule has 3 N–H and O–H groups in total. The SMILES string of the molecule is CN(Cc1ccsc1)c1cccc(C(N)=NO)c1. The molecule has 0 aliphatic carbocycles. The number of benzene rings is 1. The molecule has 0 bridgehead atoms. The van der Waals surface area contributed by atoms with Gasteiger partial charge in [0.05, 0.1) is 0 Å². The average Bonchev–Trinajstić information content (AvgIpc) is 2.90. The fraction of sp³-hybridized carbons (Fsp3) is 0.154. The molecular formula is C13H15N3OS. The van der Waals surface area contributed by atoms with Crippen LogP contribution in [0.15, 0.2) is 46.2 Å². The molecule has 4 nitrogen and oxygen atoms in total. The first-order valence-electron chi connectivity index (χ1n) is 5.51. The minimum Gasteiger partial charge on any atom is -0.409 e. The van der Waals surface area contributed by atoms with Gasteiger partial charge in [0.25, 0.3) is 0 Å². The van der Waals surface area contributed by atoms with E-state index < -0.39 is 0 Å². The van der Waals surface area contributed by atoms with E-state index in [1.807, 2.05) is 31.3 Å². The van der Waals surface area contributed by atoms with Gasteiger partial charge in [-0.3, -0.25) is 0 Å². The maximum atomic E-state index is 8.68. The summed E-state index contributed by atoms with van der Waals surface area (Å²) in [5.41, 5.74) is 8.60. The number of thiophene rings is 1. The second-order valence-electron chi connectivity index (χ2n) is 4.02. The summed E-state index contributed by atoms with van der Waals surface area (Å²) in [5, 5.41) is 15.9. The smallest absolute Gasteiger partial charge is 0.170 e. The first kappa shape index (κ1) is 12.4. The Morgan fingerprint density at radius 3 is 2.94 bits per heavy atom. The maximum absolute atomic E-state index is 8.68. The van der Waals surface area contributed by atoms with Crippen molar-refractivity contribution < 1.29 is 5.21 Å². The van der Waals surface area contributed by atoms with Crippen LogP contribution in [0.25, 0.3) is 0 Å². The zero-order valence-electron chi connectivity index (χ0n) is 10.1. The van der Waals surface area contributed by atoms with Crippen molar-refractivity contribution in [1.29, 1.82) is 0 Å². The number of rotatable bonds is 4. The predicted octanol–water partition coefficient (Wildman–Crippen LogP) is 2.48. The Kier molecular flexibility index (Phi) is 3.84. The Morgan fingerprint density at radius 1 is 1.44 bits per heavy atom. The van der Waals surface area contributed by atoms with E-state index in [-0.39, 0.29) is 5.84 Å². The molecule has 0 aliphatic heterocycles. The summed E-state index contributed by atoms with van der Waals surface area (Å²) in [6.07, 6.45) is 0. The zero-order chi connectivity index (χ0) is 13.0. The maximum Gasteiger partial charge on any atom is 0.170 e. The van der Waals surface area contributed by atoms with E-state index in [1.165, 1.54) is 5.56 Å². The van der Waals surface area contributed by atoms with E-state index in [2.05, 4.69) is 26.9 Å². The Bertz CT molecular complexity index is 537. The minimum atomic E-state index is 0.126. The van der Waals surface area contributed by atoms with Crippen LogP contribution in [0, 0.1) is 0 Å². The molecule has 0 saturated carbocycles. The molecule has 0 saturated heterocycles. The number of hydrogen-bond donors (Lipinski definition) is 2. The second-order valence-corrected chi connectivity index (χ2v) is 4.80. The molecule has 0 spiro atoms. The van der Waals surface area contributed by atoms with Crippen LogP contribution in [0.5, 0.6) is 0 Å². The normalized spacial score (nSPS) is 11.5. The largest absolute Gasteiger partial charge is 0.409 e. The van der Waals surface area contributed by atoms with Gasteiger partial charge in [0.2, 0.25) is 0 Å². The van der Waals surface area contributed by atoms with Gasteiger partial charge < -0.3 is 15.8 Å². The Morgan fingerprint density at radius 2 is 2.28 bits per heavy atom. The van der Waals surface area contributed by atoms with Gasteiger partial charge in [0.15, 0.2) is 5.84 Å². The Hall–Kier alpha value is -2.01. The standard InChI is InChI=1S/C13H15N3OS/c1-16(8-10-5-6-18-9-10)12-4-2-3-11(7-12)13(14)15-17/h2-7,9,17H,8H2,1H3,(H2,14,15).